The SMILES string of the molecule is N#Cc1ccc(Cl)cc1NC(=O)c1ccc(CCl)cc1. The van der Waals surface area contributed by atoms with Crippen LogP contribution in [-0.2, 0) is 5.88 Å². The number of nitriles is 1. The summed E-state index contributed by atoms with van der Waals surface area (Å²) >= 11 is 11.6. The highest BCUT2D eigenvalue weighted by molar-refractivity contribution is 6.31. The molecular weight excluding hydrogens is 295 g/mol. The molecule has 2 aromatic carbocycles. The summed E-state index contributed by atoms with van der Waals surface area (Å²) in [6.45, 7) is 0. The Hall–Kier alpha value is -2.02. The first-order chi connectivity index (χ1) is 9.63. The predicted octanol–water partition coefficient (Wildman–Crippen LogP) is 4.20. The largest absolute Gasteiger partial charge is 0.321 e. The molecule has 0 atom stereocenters. The van der Waals surface area contributed by atoms with E-state index in [0.717, 1.165) is 5.56 Å². The van der Waals surface area contributed by atoms with Gasteiger partial charge >= 0.3 is 0 Å². The topological polar surface area (TPSA) is 52.9 Å². The number of halogens is 2. The summed E-state index contributed by atoms with van der Waals surface area (Å²) in [7, 11) is 0. The molecule has 2 rings (SSSR count). The molecule has 20 heavy (non-hydrogen) atoms. The van der Waals surface area contributed by atoms with Crippen LogP contribution in [0.1, 0.15) is 21.5 Å². The zero-order chi connectivity index (χ0) is 14.5. The standard InChI is InChI=1S/C15H10Cl2N2O/c16-8-10-1-3-11(4-2-10)15(20)19-14-7-13(17)6-5-12(14)9-18/h1-7H,8H2,(H,19,20). The Morgan fingerprint density at radius 3 is 2.50 bits per heavy atom. The van der Waals surface area contributed by atoms with Gasteiger partial charge in [0.2, 0.25) is 0 Å². The smallest absolute Gasteiger partial charge is 0.255 e. The van der Waals surface area contributed by atoms with E-state index in [2.05, 4.69) is 5.32 Å². The fourth-order valence-corrected chi connectivity index (χ4v) is 2.01. The molecule has 1 N–H and O–H groups in total. The summed E-state index contributed by atoms with van der Waals surface area (Å²) in [5.74, 6) is 0.0966. The Balaban J connectivity index is 2.23. The fourth-order valence-electron chi connectivity index (χ4n) is 1.66. The van der Waals surface area contributed by atoms with E-state index in [1.165, 1.54) is 0 Å². The Morgan fingerprint density at radius 2 is 1.90 bits per heavy atom. The maximum atomic E-state index is 12.1. The molecule has 100 valence electrons. The van der Waals surface area contributed by atoms with Crippen LogP contribution in [0, 0.1) is 11.3 Å². The van der Waals surface area contributed by atoms with E-state index in [0.29, 0.717) is 27.7 Å². The third-order valence-corrected chi connectivity index (χ3v) is 3.26. The number of rotatable bonds is 3. The number of benzene rings is 2. The molecule has 0 bridgehead atoms. The lowest BCUT2D eigenvalue weighted by atomic mass is 10.1. The van der Waals surface area contributed by atoms with Gasteiger partial charge in [-0.3, -0.25) is 4.79 Å². The first kappa shape index (κ1) is 14.4. The van der Waals surface area contributed by atoms with Crippen molar-refractivity contribution in [1.82, 2.24) is 0 Å². The molecule has 0 saturated heterocycles. The average Bonchev–Trinajstić information content (AvgIpc) is 2.47. The first-order valence-electron chi connectivity index (χ1n) is 5.80. The normalized spacial score (nSPS) is 9.85. The van der Waals surface area contributed by atoms with E-state index in [1.807, 2.05) is 6.07 Å². The van der Waals surface area contributed by atoms with Crippen LogP contribution in [0.2, 0.25) is 5.02 Å². The Labute approximate surface area is 126 Å². The Bertz CT molecular complexity index is 675. The summed E-state index contributed by atoms with van der Waals surface area (Å²) in [5, 5.41) is 12.1. The van der Waals surface area contributed by atoms with Crippen molar-refractivity contribution in [2.75, 3.05) is 5.32 Å². The Kier molecular flexibility index (Phi) is 4.62. The number of carbonyl (C=O) groups excluding carboxylic acids is 1. The van der Waals surface area contributed by atoms with Crippen molar-refractivity contribution in [3.63, 3.8) is 0 Å². The van der Waals surface area contributed by atoms with E-state index in [9.17, 15) is 4.79 Å². The van der Waals surface area contributed by atoms with E-state index in [-0.39, 0.29) is 5.91 Å². The molecule has 0 radical (unpaired) electrons. The van der Waals surface area contributed by atoms with E-state index in [4.69, 9.17) is 28.5 Å². The molecule has 0 spiro atoms. The molecular formula is C15H10Cl2N2O. The van der Waals surface area contributed by atoms with Crippen molar-refractivity contribution in [2.45, 2.75) is 5.88 Å². The lowest BCUT2D eigenvalue weighted by molar-refractivity contribution is 0.102. The lowest BCUT2D eigenvalue weighted by Crippen LogP contribution is -2.12. The molecule has 5 heteroatoms. The van der Waals surface area contributed by atoms with Gasteiger partial charge in [-0.15, -0.1) is 11.6 Å². The van der Waals surface area contributed by atoms with Crippen molar-refractivity contribution in [3.8, 4) is 6.07 Å². The number of hydrogen-bond donors (Lipinski definition) is 1. The minimum atomic E-state index is -0.301. The minimum absolute atomic E-state index is 0.301. The lowest BCUT2D eigenvalue weighted by Gasteiger charge is -2.08. The molecule has 2 aromatic rings. The molecule has 1 amide bonds. The first-order valence-corrected chi connectivity index (χ1v) is 6.71. The highest BCUT2D eigenvalue weighted by atomic mass is 35.5. The highest BCUT2D eigenvalue weighted by Gasteiger charge is 2.09. The molecule has 0 aromatic heterocycles. The van der Waals surface area contributed by atoms with Crippen LogP contribution in [0.4, 0.5) is 5.69 Å². The zero-order valence-corrected chi connectivity index (χ0v) is 11.9. The van der Waals surface area contributed by atoms with Gasteiger partial charge in [0.05, 0.1) is 11.3 Å². The van der Waals surface area contributed by atoms with Crippen molar-refractivity contribution >= 4 is 34.8 Å². The summed E-state index contributed by atoms with van der Waals surface area (Å²) in [6, 6.07) is 13.7. The van der Waals surface area contributed by atoms with Crippen LogP contribution in [-0.4, -0.2) is 5.91 Å². The van der Waals surface area contributed by atoms with Gasteiger partial charge in [-0.1, -0.05) is 23.7 Å². The molecule has 0 unspecified atom stereocenters. The molecule has 0 aliphatic carbocycles. The number of alkyl halides is 1. The van der Waals surface area contributed by atoms with E-state index in [1.54, 1.807) is 42.5 Å². The van der Waals surface area contributed by atoms with Crippen molar-refractivity contribution in [1.29, 1.82) is 5.26 Å². The molecule has 3 nitrogen and oxygen atoms in total. The molecule has 0 aliphatic heterocycles. The fraction of sp³-hybridized carbons (Fsp3) is 0.0667. The summed E-state index contributed by atoms with van der Waals surface area (Å²) in [5.41, 5.74) is 2.18. The third-order valence-electron chi connectivity index (χ3n) is 2.72. The second kappa shape index (κ2) is 6.42. The van der Waals surface area contributed by atoms with Gasteiger partial charge < -0.3 is 5.32 Å². The molecule has 0 fully saturated rings. The monoisotopic (exact) mass is 304 g/mol. The number of anilines is 1. The van der Waals surface area contributed by atoms with Crippen LogP contribution < -0.4 is 5.32 Å². The summed E-state index contributed by atoms with van der Waals surface area (Å²) in [4.78, 5) is 12.1. The van der Waals surface area contributed by atoms with Crippen LogP contribution in [0.15, 0.2) is 42.5 Å². The molecule has 0 saturated carbocycles. The number of hydrogen-bond acceptors (Lipinski definition) is 2. The van der Waals surface area contributed by atoms with Crippen LogP contribution in [0.3, 0.4) is 0 Å². The number of carbonyl (C=O) groups is 1. The number of nitrogens with zero attached hydrogens (tertiary/aromatic N) is 1. The predicted molar refractivity (Wildman–Crippen MR) is 80.1 cm³/mol. The average molecular weight is 305 g/mol. The van der Waals surface area contributed by atoms with Crippen LogP contribution >= 0.6 is 23.2 Å². The van der Waals surface area contributed by atoms with Crippen LogP contribution in [0.5, 0.6) is 0 Å². The van der Waals surface area contributed by atoms with Crippen molar-refractivity contribution < 1.29 is 4.79 Å². The van der Waals surface area contributed by atoms with Crippen molar-refractivity contribution in [3.05, 3.63) is 64.2 Å². The van der Waals surface area contributed by atoms with Crippen molar-refractivity contribution in [2.24, 2.45) is 0 Å². The number of amides is 1. The maximum Gasteiger partial charge on any atom is 0.255 e. The van der Waals surface area contributed by atoms with E-state index >= 15 is 0 Å². The van der Waals surface area contributed by atoms with Gasteiger partial charge in [-0.2, -0.15) is 5.26 Å². The Morgan fingerprint density at radius 1 is 1.20 bits per heavy atom. The van der Waals surface area contributed by atoms with Gasteiger partial charge in [0.25, 0.3) is 5.91 Å². The second-order valence-electron chi connectivity index (χ2n) is 4.09. The second-order valence-corrected chi connectivity index (χ2v) is 4.79. The van der Waals surface area contributed by atoms with Crippen LogP contribution in [0.25, 0.3) is 0 Å². The maximum absolute atomic E-state index is 12.1. The summed E-state index contributed by atoms with van der Waals surface area (Å²) in [6.07, 6.45) is 0. The number of nitrogens with one attached hydrogen (secondary N) is 1. The van der Waals surface area contributed by atoms with Gasteiger partial charge in [0, 0.05) is 16.5 Å². The van der Waals surface area contributed by atoms with Gasteiger partial charge in [0.1, 0.15) is 6.07 Å². The van der Waals surface area contributed by atoms with Gasteiger partial charge in [-0.25, -0.2) is 0 Å². The quantitative estimate of drug-likeness (QED) is 0.864. The minimum Gasteiger partial charge on any atom is -0.321 e. The summed E-state index contributed by atoms with van der Waals surface area (Å²) < 4.78 is 0. The third kappa shape index (κ3) is 3.30. The van der Waals surface area contributed by atoms with Gasteiger partial charge in [-0.05, 0) is 35.9 Å². The zero-order valence-electron chi connectivity index (χ0n) is 10.4. The highest BCUT2D eigenvalue weighted by Crippen LogP contribution is 2.21. The van der Waals surface area contributed by atoms with Gasteiger partial charge in [0.15, 0.2) is 0 Å². The molecule has 0 heterocycles. The molecule has 0 aliphatic rings. The van der Waals surface area contributed by atoms with E-state index < -0.39 is 0 Å².